The molecule has 0 amide bonds. The number of hydrogen-bond acceptors (Lipinski definition) is 3. The average molecular weight is 815 g/mol. The second kappa shape index (κ2) is 14.4. The van der Waals surface area contributed by atoms with Crippen molar-refractivity contribution in [1.29, 1.82) is 0 Å². The molecule has 0 fully saturated rings. The van der Waals surface area contributed by atoms with Gasteiger partial charge < -0.3 is 14.5 Å². The van der Waals surface area contributed by atoms with Crippen molar-refractivity contribution in [3.05, 3.63) is 199 Å². The predicted octanol–water partition coefficient (Wildman–Crippen LogP) is 14.0. The fourth-order valence-corrected chi connectivity index (χ4v) is 11.8. The number of benzene rings is 8. The highest BCUT2D eigenvalue weighted by molar-refractivity contribution is 6.99. The Morgan fingerprint density at radius 1 is 0.635 bits per heavy atom. The Bertz CT molecular complexity index is 3080. The molecule has 4 aliphatic rings. The van der Waals surface area contributed by atoms with Crippen LogP contribution in [0.25, 0.3) is 21.9 Å². The van der Waals surface area contributed by atoms with E-state index in [-0.39, 0.29) is 17.5 Å². The van der Waals surface area contributed by atoms with Gasteiger partial charge in [0.15, 0.2) is 0 Å². The topological polar surface area (TPSA) is 15.7 Å². The number of hydrogen-bond donors (Lipinski definition) is 0. The molecule has 3 nitrogen and oxygen atoms in total. The number of para-hydroxylation sites is 4. The molecule has 0 spiro atoms. The van der Waals surface area contributed by atoms with Gasteiger partial charge >= 0.3 is 0 Å². The van der Waals surface area contributed by atoms with Crippen LogP contribution in [0.3, 0.4) is 0 Å². The molecule has 63 heavy (non-hydrogen) atoms. The fourth-order valence-electron chi connectivity index (χ4n) is 11.8. The SMILES string of the molecule is CC1CCC/C=C/C(C)(c2cc3c4c(c2)N(c2ccccc2)c2ccccc2B4c2cc4c(cc2O3)-c2ccc3cc(N(c5ccccc5)c5ccccc5)ccc3c2C4(C)C)C1. The molecule has 0 bridgehead atoms. The number of fused-ring (bicyclic) bond motifs is 9. The van der Waals surface area contributed by atoms with Crippen LogP contribution in [0, 0.1) is 5.92 Å². The third kappa shape index (κ3) is 5.94. The fraction of sp³-hybridized carbons (Fsp3) is 0.186. The van der Waals surface area contributed by atoms with Crippen LogP contribution in [0.1, 0.15) is 70.1 Å². The van der Waals surface area contributed by atoms with E-state index in [1.165, 1.54) is 79.2 Å². The Balaban J connectivity index is 1.03. The van der Waals surface area contributed by atoms with E-state index in [1.807, 2.05) is 0 Å². The van der Waals surface area contributed by atoms with Gasteiger partial charge in [-0.15, -0.1) is 0 Å². The summed E-state index contributed by atoms with van der Waals surface area (Å²) in [5, 5.41) is 2.53. The number of anilines is 6. The minimum absolute atomic E-state index is 0.0228. The van der Waals surface area contributed by atoms with Gasteiger partial charge in [0.05, 0.1) is 0 Å². The molecule has 0 saturated carbocycles. The first-order valence-electron chi connectivity index (χ1n) is 22.9. The smallest absolute Gasteiger partial charge is 0.256 e. The zero-order chi connectivity index (χ0) is 42.5. The second-order valence-corrected chi connectivity index (χ2v) is 19.2. The van der Waals surface area contributed by atoms with Crippen molar-refractivity contribution in [3.63, 3.8) is 0 Å². The van der Waals surface area contributed by atoms with Gasteiger partial charge in [0.25, 0.3) is 6.71 Å². The molecule has 12 rings (SSSR count). The summed E-state index contributed by atoms with van der Waals surface area (Å²) in [5.41, 5.74) is 17.1. The molecule has 2 atom stereocenters. The molecule has 2 aliphatic heterocycles. The van der Waals surface area contributed by atoms with Gasteiger partial charge in [-0.1, -0.05) is 143 Å². The Kier molecular flexibility index (Phi) is 8.67. The standard InChI is InChI=1S/C59H51BN2O/c1-39-19-9-8-18-32-59(4,38-39)41-34-53-57-55(35-41)63-54-36-48-47-30-28-40-33-45(61(42-20-10-5-11-21-42)43-22-12-6-13-23-43)29-31-46(40)56(47)58(2,3)49(48)37-51(54)60(57)50-26-16-17-27-52(50)62(53)44-24-14-7-15-25-44/h5-7,10-18,20-37,39H,8-9,19,38H2,1-4H3/b32-18+. The van der Waals surface area contributed by atoms with Gasteiger partial charge in [-0.05, 0) is 153 Å². The Morgan fingerprint density at radius 3 is 2.11 bits per heavy atom. The van der Waals surface area contributed by atoms with Crippen LogP contribution in [0.2, 0.25) is 0 Å². The molecule has 306 valence electrons. The third-order valence-electron chi connectivity index (χ3n) is 14.7. The van der Waals surface area contributed by atoms with E-state index in [9.17, 15) is 0 Å². The first kappa shape index (κ1) is 37.9. The maximum absolute atomic E-state index is 7.35. The molecule has 2 unspecified atom stereocenters. The van der Waals surface area contributed by atoms with Crippen molar-refractivity contribution >= 4 is 68.0 Å². The van der Waals surface area contributed by atoms with Gasteiger partial charge in [-0.25, -0.2) is 0 Å². The van der Waals surface area contributed by atoms with Gasteiger partial charge in [0.2, 0.25) is 0 Å². The molecule has 0 saturated heterocycles. The van der Waals surface area contributed by atoms with Gasteiger partial charge in [-0.2, -0.15) is 0 Å². The van der Waals surface area contributed by atoms with Crippen molar-refractivity contribution in [2.45, 2.75) is 64.2 Å². The molecule has 0 aromatic heterocycles. The maximum Gasteiger partial charge on any atom is 0.256 e. The highest BCUT2D eigenvalue weighted by atomic mass is 16.5. The third-order valence-corrected chi connectivity index (χ3v) is 14.7. The molecule has 0 N–H and O–H groups in total. The Morgan fingerprint density at radius 2 is 1.35 bits per heavy atom. The molecule has 4 heteroatoms. The lowest BCUT2D eigenvalue weighted by Gasteiger charge is -2.42. The van der Waals surface area contributed by atoms with Crippen molar-refractivity contribution < 1.29 is 4.74 Å². The summed E-state index contributed by atoms with van der Waals surface area (Å²) < 4.78 is 7.35. The second-order valence-electron chi connectivity index (χ2n) is 19.2. The zero-order valence-electron chi connectivity index (χ0n) is 36.6. The monoisotopic (exact) mass is 814 g/mol. The van der Waals surface area contributed by atoms with Crippen molar-refractivity contribution in [3.8, 4) is 22.6 Å². The summed E-state index contributed by atoms with van der Waals surface area (Å²) in [5.74, 6) is 2.57. The largest absolute Gasteiger partial charge is 0.458 e. The van der Waals surface area contributed by atoms with Crippen LogP contribution in [-0.2, 0) is 10.8 Å². The number of allylic oxidation sites excluding steroid dienone is 2. The van der Waals surface area contributed by atoms with Gasteiger partial charge in [0, 0.05) is 45.0 Å². The lowest BCUT2D eigenvalue weighted by Crippen LogP contribution is -2.59. The van der Waals surface area contributed by atoms with E-state index in [0.717, 1.165) is 47.1 Å². The average Bonchev–Trinajstić information content (AvgIpc) is 3.53. The highest BCUT2D eigenvalue weighted by Crippen LogP contribution is 2.54. The van der Waals surface area contributed by atoms with Crippen LogP contribution < -0.4 is 30.9 Å². The lowest BCUT2D eigenvalue weighted by atomic mass is 9.34. The van der Waals surface area contributed by atoms with E-state index in [1.54, 1.807) is 0 Å². The first-order valence-corrected chi connectivity index (χ1v) is 22.9. The van der Waals surface area contributed by atoms with E-state index >= 15 is 0 Å². The summed E-state index contributed by atoms with van der Waals surface area (Å²) in [6.45, 7) is 9.74. The van der Waals surface area contributed by atoms with E-state index < -0.39 is 0 Å². The molecular formula is C59H51BN2O. The summed E-state index contributed by atoms with van der Waals surface area (Å²) >= 11 is 0. The number of rotatable bonds is 5. The highest BCUT2D eigenvalue weighted by Gasteiger charge is 2.46. The number of nitrogens with zero attached hydrogens (tertiary/aromatic N) is 2. The minimum atomic E-state index is -0.244. The normalized spacial score (nSPS) is 19.4. The van der Waals surface area contributed by atoms with Crippen LogP contribution in [-0.4, -0.2) is 6.71 Å². The van der Waals surface area contributed by atoms with E-state index in [2.05, 4.69) is 220 Å². The molecular weight excluding hydrogens is 763 g/mol. The molecule has 0 radical (unpaired) electrons. The minimum Gasteiger partial charge on any atom is -0.458 e. The maximum atomic E-state index is 7.35. The van der Waals surface area contributed by atoms with Gasteiger partial charge in [-0.3, -0.25) is 0 Å². The van der Waals surface area contributed by atoms with E-state index in [4.69, 9.17) is 4.74 Å². The van der Waals surface area contributed by atoms with Gasteiger partial charge in [0.1, 0.15) is 11.5 Å². The Hall–Kier alpha value is -6.78. The van der Waals surface area contributed by atoms with E-state index in [0.29, 0.717) is 5.92 Å². The zero-order valence-corrected chi connectivity index (χ0v) is 36.6. The summed E-state index contributed by atoms with van der Waals surface area (Å²) in [7, 11) is 0. The summed E-state index contributed by atoms with van der Waals surface area (Å²) in [4.78, 5) is 4.84. The lowest BCUT2D eigenvalue weighted by molar-refractivity contribution is 0.377. The molecule has 2 aliphatic carbocycles. The van der Waals surface area contributed by atoms with Crippen molar-refractivity contribution in [1.82, 2.24) is 0 Å². The van der Waals surface area contributed by atoms with Crippen LogP contribution in [0.5, 0.6) is 11.5 Å². The first-order chi connectivity index (χ1) is 30.8. The number of ether oxygens (including phenoxy) is 1. The van der Waals surface area contributed by atoms with Crippen molar-refractivity contribution in [2.24, 2.45) is 5.92 Å². The summed E-state index contributed by atoms with van der Waals surface area (Å²) in [6, 6.07) is 62.8. The van der Waals surface area contributed by atoms with Crippen molar-refractivity contribution in [2.75, 3.05) is 9.80 Å². The van der Waals surface area contributed by atoms with Crippen LogP contribution in [0.15, 0.2) is 182 Å². The summed E-state index contributed by atoms with van der Waals surface area (Å²) in [6.07, 6.45) is 9.67. The predicted molar refractivity (Wildman–Crippen MR) is 266 cm³/mol. The molecule has 8 aromatic carbocycles. The molecule has 2 heterocycles. The molecule has 8 aromatic rings. The Labute approximate surface area is 372 Å². The van der Waals surface area contributed by atoms with Crippen LogP contribution >= 0.6 is 0 Å². The quantitative estimate of drug-likeness (QED) is 0.127. The van der Waals surface area contributed by atoms with Crippen LogP contribution in [0.4, 0.5) is 34.1 Å².